The van der Waals surface area contributed by atoms with E-state index in [-0.39, 0.29) is 0 Å². The zero-order chi connectivity index (χ0) is 22.1. The normalized spacial score (nSPS) is 11.2. The van der Waals surface area contributed by atoms with Gasteiger partial charge in [-0.3, -0.25) is 0 Å². The molecule has 0 radical (unpaired) electrons. The molecule has 3 aromatic rings. The van der Waals surface area contributed by atoms with Gasteiger partial charge in [-0.25, -0.2) is 0 Å². The fourth-order valence-corrected chi connectivity index (χ4v) is 4.01. The van der Waals surface area contributed by atoms with E-state index in [2.05, 4.69) is 52.1 Å². The van der Waals surface area contributed by atoms with Crippen molar-refractivity contribution < 1.29 is 9.47 Å². The highest BCUT2D eigenvalue weighted by molar-refractivity contribution is 9.10. The van der Waals surface area contributed by atoms with Crippen LogP contribution in [-0.4, -0.2) is 34.8 Å². The SMILES string of the molecule is CCCOc1c(/C=N\n2c(CCC)nnc2SCc2ccc(Br)cc2)cccc1OC. The molecule has 1 aromatic heterocycles. The lowest BCUT2D eigenvalue weighted by molar-refractivity contribution is 0.294. The second-order valence-corrected chi connectivity index (χ2v) is 8.71. The highest BCUT2D eigenvalue weighted by Gasteiger charge is 2.13. The summed E-state index contributed by atoms with van der Waals surface area (Å²) in [6, 6.07) is 14.1. The monoisotopic (exact) mass is 502 g/mol. The maximum absolute atomic E-state index is 5.94. The van der Waals surface area contributed by atoms with E-state index >= 15 is 0 Å². The molecule has 0 aliphatic heterocycles. The first kappa shape index (κ1) is 23.3. The summed E-state index contributed by atoms with van der Waals surface area (Å²) in [5, 5.41) is 14.2. The van der Waals surface area contributed by atoms with E-state index in [0.29, 0.717) is 18.1 Å². The quantitative estimate of drug-likeness (QED) is 0.239. The molecule has 0 saturated carbocycles. The molecule has 0 bridgehead atoms. The molecule has 1 heterocycles. The molecule has 0 aliphatic carbocycles. The Kier molecular flexibility index (Phi) is 8.97. The molecule has 3 rings (SSSR count). The molecule has 0 aliphatic rings. The van der Waals surface area contributed by atoms with Crippen LogP contribution in [0.25, 0.3) is 0 Å². The van der Waals surface area contributed by atoms with Crippen LogP contribution in [0.1, 0.15) is 43.6 Å². The Bertz CT molecular complexity index is 1010. The number of nitrogens with zero attached hydrogens (tertiary/aromatic N) is 4. The molecular formula is C23H27BrN4O2S. The van der Waals surface area contributed by atoms with Gasteiger partial charge in [0.2, 0.25) is 5.16 Å². The zero-order valence-corrected chi connectivity index (χ0v) is 20.4. The number of para-hydroxylation sites is 1. The van der Waals surface area contributed by atoms with Gasteiger partial charge < -0.3 is 9.47 Å². The van der Waals surface area contributed by atoms with Crippen molar-refractivity contribution in [1.29, 1.82) is 0 Å². The Balaban J connectivity index is 1.86. The first-order chi connectivity index (χ1) is 15.2. The van der Waals surface area contributed by atoms with Crippen LogP contribution in [0.4, 0.5) is 0 Å². The molecule has 0 N–H and O–H groups in total. The number of hydrogen-bond acceptors (Lipinski definition) is 6. The van der Waals surface area contributed by atoms with Crippen molar-refractivity contribution in [1.82, 2.24) is 14.9 Å². The molecule has 31 heavy (non-hydrogen) atoms. The molecule has 0 unspecified atom stereocenters. The van der Waals surface area contributed by atoms with Crippen LogP contribution in [0.5, 0.6) is 11.5 Å². The van der Waals surface area contributed by atoms with Crippen molar-refractivity contribution in [2.24, 2.45) is 5.10 Å². The minimum atomic E-state index is 0.614. The Morgan fingerprint density at radius 2 is 1.90 bits per heavy atom. The van der Waals surface area contributed by atoms with Crippen LogP contribution in [-0.2, 0) is 12.2 Å². The molecule has 164 valence electrons. The standard InChI is InChI=1S/C23H27BrN4O2S/c1-4-7-21-26-27-23(31-16-17-10-12-19(24)13-11-17)28(21)25-15-18-8-6-9-20(29-3)22(18)30-14-5-2/h6,8-13,15H,4-5,7,14,16H2,1-3H3/b25-15-. The zero-order valence-electron chi connectivity index (χ0n) is 18.0. The Morgan fingerprint density at radius 3 is 2.61 bits per heavy atom. The summed E-state index contributed by atoms with van der Waals surface area (Å²) in [5.41, 5.74) is 2.07. The van der Waals surface area contributed by atoms with Gasteiger partial charge in [-0.1, -0.05) is 59.7 Å². The molecule has 0 spiro atoms. The molecule has 2 aromatic carbocycles. The molecule has 0 atom stereocenters. The average Bonchev–Trinajstić information content (AvgIpc) is 3.17. The van der Waals surface area contributed by atoms with E-state index in [9.17, 15) is 0 Å². The average molecular weight is 503 g/mol. The number of rotatable bonds is 11. The van der Waals surface area contributed by atoms with Gasteiger partial charge in [0, 0.05) is 22.2 Å². The Labute approximate surface area is 196 Å². The third-order valence-electron chi connectivity index (χ3n) is 4.42. The van der Waals surface area contributed by atoms with Crippen LogP contribution in [0.2, 0.25) is 0 Å². The van der Waals surface area contributed by atoms with Crippen molar-refractivity contribution in [2.75, 3.05) is 13.7 Å². The molecule has 0 amide bonds. The molecule has 8 heteroatoms. The fourth-order valence-electron chi connectivity index (χ4n) is 2.88. The summed E-state index contributed by atoms with van der Waals surface area (Å²) in [7, 11) is 1.64. The van der Waals surface area contributed by atoms with E-state index in [1.165, 1.54) is 5.56 Å². The van der Waals surface area contributed by atoms with Gasteiger partial charge in [-0.05, 0) is 42.7 Å². The fraction of sp³-hybridized carbons (Fsp3) is 0.348. The van der Waals surface area contributed by atoms with Crippen LogP contribution in [0.15, 0.2) is 57.2 Å². The van der Waals surface area contributed by atoms with Crippen LogP contribution in [0.3, 0.4) is 0 Å². The van der Waals surface area contributed by atoms with E-state index in [0.717, 1.165) is 46.0 Å². The lowest BCUT2D eigenvalue weighted by Crippen LogP contribution is -2.03. The predicted octanol–water partition coefficient (Wildman–Crippen LogP) is 5.97. The summed E-state index contributed by atoms with van der Waals surface area (Å²) in [5.74, 6) is 3.03. The number of hydrogen-bond donors (Lipinski definition) is 0. The summed E-state index contributed by atoms with van der Waals surface area (Å²) >= 11 is 5.09. The summed E-state index contributed by atoms with van der Waals surface area (Å²) in [4.78, 5) is 0. The van der Waals surface area contributed by atoms with Crippen LogP contribution in [0, 0.1) is 0 Å². The number of aryl methyl sites for hydroxylation is 1. The van der Waals surface area contributed by atoms with E-state index < -0.39 is 0 Å². The highest BCUT2D eigenvalue weighted by Crippen LogP contribution is 2.30. The molecular weight excluding hydrogens is 476 g/mol. The number of ether oxygens (including phenoxy) is 2. The summed E-state index contributed by atoms with van der Waals surface area (Å²) in [6.45, 7) is 4.81. The number of benzene rings is 2. The maximum atomic E-state index is 5.94. The summed E-state index contributed by atoms with van der Waals surface area (Å²) in [6.07, 6.45) is 4.48. The van der Waals surface area contributed by atoms with E-state index in [1.807, 2.05) is 35.0 Å². The van der Waals surface area contributed by atoms with Gasteiger partial charge in [0.05, 0.1) is 19.9 Å². The van der Waals surface area contributed by atoms with Gasteiger partial charge in [-0.15, -0.1) is 10.2 Å². The van der Waals surface area contributed by atoms with Crippen molar-refractivity contribution in [3.8, 4) is 11.5 Å². The van der Waals surface area contributed by atoms with Crippen molar-refractivity contribution in [3.05, 3.63) is 63.9 Å². The second kappa shape index (κ2) is 11.9. The van der Waals surface area contributed by atoms with Crippen molar-refractivity contribution in [2.45, 2.75) is 44.0 Å². The third-order valence-corrected chi connectivity index (χ3v) is 5.94. The first-order valence-corrected chi connectivity index (χ1v) is 12.1. The minimum absolute atomic E-state index is 0.614. The molecule has 6 nitrogen and oxygen atoms in total. The smallest absolute Gasteiger partial charge is 0.212 e. The predicted molar refractivity (Wildman–Crippen MR) is 129 cm³/mol. The molecule has 0 fully saturated rings. The van der Waals surface area contributed by atoms with E-state index in [1.54, 1.807) is 25.1 Å². The van der Waals surface area contributed by atoms with Gasteiger partial charge in [0.1, 0.15) is 0 Å². The van der Waals surface area contributed by atoms with Gasteiger partial charge in [0.25, 0.3) is 0 Å². The first-order valence-electron chi connectivity index (χ1n) is 10.3. The Morgan fingerprint density at radius 1 is 1.10 bits per heavy atom. The topological polar surface area (TPSA) is 61.5 Å². The van der Waals surface area contributed by atoms with Crippen molar-refractivity contribution >= 4 is 33.9 Å². The largest absolute Gasteiger partial charge is 0.493 e. The third kappa shape index (κ3) is 6.33. The second-order valence-electron chi connectivity index (χ2n) is 6.85. The minimum Gasteiger partial charge on any atom is -0.493 e. The number of methoxy groups -OCH3 is 1. The lowest BCUT2D eigenvalue weighted by atomic mass is 10.2. The number of aromatic nitrogens is 3. The van der Waals surface area contributed by atoms with Gasteiger partial charge >= 0.3 is 0 Å². The van der Waals surface area contributed by atoms with Gasteiger partial charge in [-0.2, -0.15) is 9.78 Å². The van der Waals surface area contributed by atoms with Crippen LogP contribution < -0.4 is 9.47 Å². The number of halogens is 1. The maximum Gasteiger partial charge on any atom is 0.212 e. The lowest BCUT2D eigenvalue weighted by Gasteiger charge is -2.12. The van der Waals surface area contributed by atoms with E-state index in [4.69, 9.17) is 14.6 Å². The van der Waals surface area contributed by atoms with Crippen LogP contribution >= 0.6 is 27.7 Å². The van der Waals surface area contributed by atoms with Gasteiger partial charge in [0.15, 0.2) is 17.3 Å². The molecule has 0 saturated heterocycles. The number of thioether (sulfide) groups is 1. The van der Waals surface area contributed by atoms with Crippen molar-refractivity contribution in [3.63, 3.8) is 0 Å². The highest BCUT2D eigenvalue weighted by atomic mass is 79.9. The summed E-state index contributed by atoms with van der Waals surface area (Å²) < 4.78 is 14.3. The Hall–Kier alpha value is -2.32.